The second-order valence-electron chi connectivity index (χ2n) is 4.92. The molecule has 1 heterocycles. The summed E-state index contributed by atoms with van der Waals surface area (Å²) in [6.45, 7) is 0.502. The molecule has 0 aliphatic rings. The number of nitrogens with one attached hydrogen (secondary N) is 1. The van der Waals surface area contributed by atoms with Gasteiger partial charge in [-0.15, -0.1) is 0 Å². The smallest absolute Gasteiger partial charge is 0.272 e. The zero-order valence-corrected chi connectivity index (χ0v) is 12.8. The van der Waals surface area contributed by atoms with Gasteiger partial charge in [-0.1, -0.05) is 30.3 Å². The van der Waals surface area contributed by atoms with E-state index >= 15 is 0 Å². The van der Waals surface area contributed by atoms with Gasteiger partial charge in [0.2, 0.25) is 5.28 Å². The lowest BCUT2D eigenvalue weighted by molar-refractivity contribution is -0.385. The molecule has 0 radical (unpaired) electrons. The Kier molecular flexibility index (Phi) is 4.34. The molecule has 23 heavy (non-hydrogen) atoms. The fraction of sp³-hybridized carbons (Fsp3) is 0.125. The Balaban J connectivity index is 1.79. The number of para-hydroxylation sites is 2. The summed E-state index contributed by atoms with van der Waals surface area (Å²) in [5.41, 5.74) is 1.55. The molecule has 0 fully saturated rings. The highest BCUT2D eigenvalue weighted by atomic mass is 35.5. The minimum absolute atomic E-state index is 0.125. The van der Waals surface area contributed by atoms with Gasteiger partial charge in [0.25, 0.3) is 5.69 Å². The molecule has 1 N–H and O–H groups in total. The standard InChI is InChI=1S/C16H13ClN4O2/c17-16-19-13-7-3-2-6-12(13)15(20-16)18-10-9-11-5-1-4-8-14(11)21(22)23/h1-8H,9-10H2,(H,18,19,20). The lowest BCUT2D eigenvalue weighted by Crippen LogP contribution is -2.08. The highest BCUT2D eigenvalue weighted by molar-refractivity contribution is 6.28. The number of nitro benzene ring substituents is 1. The van der Waals surface area contributed by atoms with Crippen LogP contribution in [0.1, 0.15) is 5.56 Å². The van der Waals surface area contributed by atoms with Crippen LogP contribution in [0.5, 0.6) is 0 Å². The Hall–Kier alpha value is -2.73. The molecule has 0 saturated heterocycles. The van der Waals surface area contributed by atoms with E-state index in [1.165, 1.54) is 6.07 Å². The average molecular weight is 329 g/mol. The lowest BCUT2D eigenvalue weighted by atomic mass is 10.1. The fourth-order valence-electron chi connectivity index (χ4n) is 2.40. The number of nitrogens with zero attached hydrogens (tertiary/aromatic N) is 3. The first-order valence-corrected chi connectivity index (χ1v) is 7.41. The molecule has 116 valence electrons. The van der Waals surface area contributed by atoms with E-state index in [0.29, 0.717) is 24.3 Å². The predicted molar refractivity (Wildman–Crippen MR) is 89.8 cm³/mol. The summed E-state index contributed by atoms with van der Waals surface area (Å²) in [5, 5.41) is 15.2. The molecular formula is C16H13ClN4O2. The van der Waals surface area contributed by atoms with Gasteiger partial charge >= 0.3 is 0 Å². The Labute approximate surface area is 137 Å². The summed E-state index contributed by atoms with van der Waals surface area (Å²) in [6, 6.07) is 14.2. The van der Waals surface area contributed by atoms with Crippen LogP contribution in [0.3, 0.4) is 0 Å². The van der Waals surface area contributed by atoms with Gasteiger partial charge in [0.1, 0.15) is 5.82 Å². The van der Waals surface area contributed by atoms with Crippen LogP contribution in [0.15, 0.2) is 48.5 Å². The number of benzene rings is 2. The fourth-order valence-corrected chi connectivity index (χ4v) is 2.57. The van der Waals surface area contributed by atoms with Crippen molar-refractivity contribution in [1.29, 1.82) is 0 Å². The Morgan fingerprint density at radius 1 is 1.09 bits per heavy atom. The van der Waals surface area contributed by atoms with Gasteiger partial charge in [-0.2, -0.15) is 0 Å². The van der Waals surface area contributed by atoms with Crippen LogP contribution in [0.4, 0.5) is 11.5 Å². The van der Waals surface area contributed by atoms with Crippen molar-refractivity contribution in [1.82, 2.24) is 9.97 Å². The summed E-state index contributed by atoms with van der Waals surface area (Å²) < 4.78 is 0. The first-order chi connectivity index (χ1) is 11.1. The molecule has 0 bridgehead atoms. The summed E-state index contributed by atoms with van der Waals surface area (Å²) in [4.78, 5) is 19.0. The molecule has 2 aromatic carbocycles. The first-order valence-electron chi connectivity index (χ1n) is 7.03. The van der Waals surface area contributed by atoms with Crippen LogP contribution in [0.2, 0.25) is 5.28 Å². The lowest BCUT2D eigenvalue weighted by Gasteiger charge is -2.09. The zero-order chi connectivity index (χ0) is 16.2. The van der Waals surface area contributed by atoms with E-state index in [-0.39, 0.29) is 15.9 Å². The van der Waals surface area contributed by atoms with Crippen molar-refractivity contribution in [3.63, 3.8) is 0 Å². The molecule has 6 nitrogen and oxygen atoms in total. The number of hydrogen-bond donors (Lipinski definition) is 1. The van der Waals surface area contributed by atoms with Crippen molar-refractivity contribution < 1.29 is 4.92 Å². The molecule has 0 aliphatic heterocycles. The van der Waals surface area contributed by atoms with Crippen molar-refractivity contribution in [3.05, 3.63) is 69.5 Å². The van der Waals surface area contributed by atoms with E-state index in [9.17, 15) is 10.1 Å². The first kappa shape index (κ1) is 15.2. The number of nitro groups is 1. The van der Waals surface area contributed by atoms with Gasteiger partial charge in [0.05, 0.1) is 10.4 Å². The predicted octanol–water partition coefficient (Wildman–Crippen LogP) is 3.85. The maximum atomic E-state index is 11.0. The number of aromatic nitrogens is 2. The average Bonchev–Trinajstić information content (AvgIpc) is 2.55. The van der Waals surface area contributed by atoms with Gasteiger partial charge in [0.15, 0.2) is 0 Å². The molecule has 0 atom stereocenters. The largest absolute Gasteiger partial charge is 0.369 e. The van der Waals surface area contributed by atoms with Crippen LogP contribution >= 0.6 is 11.6 Å². The number of halogens is 1. The third-order valence-electron chi connectivity index (χ3n) is 3.45. The molecule has 3 aromatic rings. The minimum Gasteiger partial charge on any atom is -0.369 e. The normalized spacial score (nSPS) is 10.7. The monoisotopic (exact) mass is 328 g/mol. The van der Waals surface area contributed by atoms with Crippen molar-refractivity contribution in [2.45, 2.75) is 6.42 Å². The van der Waals surface area contributed by atoms with E-state index in [2.05, 4.69) is 15.3 Å². The molecular weight excluding hydrogens is 316 g/mol. The van der Waals surface area contributed by atoms with E-state index < -0.39 is 0 Å². The van der Waals surface area contributed by atoms with Gasteiger partial charge in [-0.3, -0.25) is 10.1 Å². The van der Waals surface area contributed by atoms with E-state index in [1.54, 1.807) is 18.2 Å². The van der Waals surface area contributed by atoms with Crippen LogP contribution in [0.25, 0.3) is 10.9 Å². The maximum absolute atomic E-state index is 11.0. The summed E-state index contributed by atoms with van der Waals surface area (Å²) >= 11 is 5.94. The van der Waals surface area contributed by atoms with Gasteiger partial charge in [-0.25, -0.2) is 9.97 Å². The van der Waals surface area contributed by atoms with Crippen LogP contribution < -0.4 is 5.32 Å². The maximum Gasteiger partial charge on any atom is 0.272 e. The molecule has 7 heteroatoms. The Bertz CT molecular complexity index is 870. The molecule has 0 saturated carbocycles. The third-order valence-corrected chi connectivity index (χ3v) is 3.62. The Morgan fingerprint density at radius 3 is 2.65 bits per heavy atom. The molecule has 3 rings (SSSR count). The summed E-state index contributed by atoms with van der Waals surface area (Å²) in [5.74, 6) is 0.624. The van der Waals surface area contributed by atoms with E-state index in [0.717, 1.165) is 10.9 Å². The minimum atomic E-state index is -0.369. The van der Waals surface area contributed by atoms with E-state index in [1.807, 2.05) is 24.3 Å². The number of fused-ring (bicyclic) bond motifs is 1. The van der Waals surface area contributed by atoms with Gasteiger partial charge in [-0.05, 0) is 30.2 Å². The van der Waals surface area contributed by atoms with Crippen molar-refractivity contribution >= 4 is 34.0 Å². The quantitative estimate of drug-likeness (QED) is 0.437. The third kappa shape index (κ3) is 3.37. The second-order valence-corrected chi connectivity index (χ2v) is 5.26. The molecule has 1 aromatic heterocycles. The molecule has 0 spiro atoms. The molecule has 0 amide bonds. The van der Waals surface area contributed by atoms with Gasteiger partial charge in [0, 0.05) is 23.6 Å². The highest BCUT2D eigenvalue weighted by Gasteiger charge is 2.12. The van der Waals surface area contributed by atoms with Gasteiger partial charge < -0.3 is 5.32 Å². The number of rotatable bonds is 5. The number of anilines is 1. The molecule has 0 unspecified atom stereocenters. The summed E-state index contributed by atoms with van der Waals surface area (Å²) in [7, 11) is 0. The van der Waals surface area contributed by atoms with Crippen molar-refractivity contribution in [3.8, 4) is 0 Å². The van der Waals surface area contributed by atoms with Crippen LogP contribution in [-0.4, -0.2) is 21.4 Å². The van der Waals surface area contributed by atoms with Crippen molar-refractivity contribution in [2.75, 3.05) is 11.9 Å². The Morgan fingerprint density at radius 2 is 1.83 bits per heavy atom. The van der Waals surface area contributed by atoms with Crippen LogP contribution in [-0.2, 0) is 6.42 Å². The number of hydrogen-bond acceptors (Lipinski definition) is 5. The SMILES string of the molecule is O=[N+]([O-])c1ccccc1CCNc1nc(Cl)nc2ccccc12. The highest BCUT2D eigenvalue weighted by Crippen LogP contribution is 2.22. The summed E-state index contributed by atoms with van der Waals surface area (Å²) in [6.07, 6.45) is 0.507. The van der Waals surface area contributed by atoms with Crippen LogP contribution in [0, 0.1) is 10.1 Å². The molecule has 0 aliphatic carbocycles. The zero-order valence-electron chi connectivity index (χ0n) is 12.1. The van der Waals surface area contributed by atoms with Crippen molar-refractivity contribution in [2.24, 2.45) is 0 Å². The second kappa shape index (κ2) is 6.58. The van der Waals surface area contributed by atoms with E-state index in [4.69, 9.17) is 11.6 Å². The topological polar surface area (TPSA) is 81.0 Å².